The lowest BCUT2D eigenvalue weighted by molar-refractivity contribution is 0.0950. The maximum absolute atomic E-state index is 14.3. The highest BCUT2D eigenvalue weighted by atomic mass is 35.5. The van der Waals surface area contributed by atoms with Crippen molar-refractivity contribution in [1.29, 1.82) is 0 Å². The van der Waals surface area contributed by atoms with Crippen LogP contribution in [0.1, 0.15) is 22.7 Å². The second-order valence-corrected chi connectivity index (χ2v) is 10.1. The third kappa shape index (κ3) is 5.09. The molecule has 0 aromatic heterocycles. The van der Waals surface area contributed by atoms with Gasteiger partial charge >= 0.3 is 0 Å². The van der Waals surface area contributed by atoms with Crippen LogP contribution in [0, 0.1) is 17.5 Å². The predicted molar refractivity (Wildman–Crippen MR) is 126 cm³/mol. The summed E-state index contributed by atoms with van der Waals surface area (Å²) in [5.41, 5.74) is 3.20. The molecule has 3 aromatic rings. The Bertz CT molecular complexity index is 1150. The highest BCUT2D eigenvalue weighted by Crippen LogP contribution is 2.44. The fraction of sp³-hybridized carbons (Fsp3) is 0.308. The molecule has 0 radical (unpaired) electrons. The van der Waals surface area contributed by atoms with Gasteiger partial charge in [-0.1, -0.05) is 41.6 Å². The Hall–Kier alpha value is -1.99. The molecule has 3 aromatic carbocycles. The highest BCUT2D eigenvalue weighted by molar-refractivity contribution is 7.99. The van der Waals surface area contributed by atoms with E-state index in [2.05, 4.69) is 9.80 Å². The van der Waals surface area contributed by atoms with Crippen molar-refractivity contribution >= 4 is 23.4 Å². The number of hydrogen-bond donors (Lipinski definition) is 0. The Morgan fingerprint density at radius 3 is 2.33 bits per heavy atom. The van der Waals surface area contributed by atoms with Gasteiger partial charge in [0, 0.05) is 48.6 Å². The molecule has 0 amide bonds. The molecule has 2 nitrogen and oxygen atoms in total. The molecule has 0 spiro atoms. The number of fused-ring (bicyclic) bond motifs is 2. The molecular weight excluding hydrogens is 465 g/mol. The van der Waals surface area contributed by atoms with E-state index in [1.807, 2.05) is 18.2 Å². The summed E-state index contributed by atoms with van der Waals surface area (Å²) in [6, 6.07) is 14.8. The van der Waals surface area contributed by atoms with E-state index in [-0.39, 0.29) is 22.7 Å². The van der Waals surface area contributed by atoms with Crippen LogP contribution >= 0.6 is 23.4 Å². The van der Waals surface area contributed by atoms with Crippen LogP contribution < -0.4 is 0 Å². The topological polar surface area (TPSA) is 6.48 Å². The van der Waals surface area contributed by atoms with Gasteiger partial charge in [-0.05, 0) is 65.9 Å². The van der Waals surface area contributed by atoms with E-state index in [0.29, 0.717) is 0 Å². The quantitative estimate of drug-likeness (QED) is 0.421. The van der Waals surface area contributed by atoms with Crippen molar-refractivity contribution in [3.8, 4) is 0 Å². The molecule has 1 atom stereocenters. The molecule has 1 fully saturated rings. The molecule has 0 saturated carbocycles. The van der Waals surface area contributed by atoms with Crippen molar-refractivity contribution < 1.29 is 13.2 Å². The summed E-state index contributed by atoms with van der Waals surface area (Å²) in [5, 5.41) is 0.120. The molecule has 2 aliphatic rings. The number of piperazine rings is 1. The van der Waals surface area contributed by atoms with E-state index in [1.165, 1.54) is 42.1 Å². The first-order chi connectivity index (χ1) is 16.0. The number of halogens is 4. The highest BCUT2D eigenvalue weighted by Gasteiger charge is 2.31. The van der Waals surface area contributed by atoms with Crippen LogP contribution in [-0.4, -0.2) is 42.5 Å². The van der Waals surface area contributed by atoms with E-state index in [1.54, 1.807) is 6.07 Å². The Labute approximate surface area is 201 Å². The molecular formula is C26H24ClF3N2S. The molecule has 33 heavy (non-hydrogen) atoms. The lowest BCUT2D eigenvalue weighted by atomic mass is 9.96. The zero-order valence-corrected chi connectivity index (χ0v) is 19.6. The smallest absolute Gasteiger partial charge is 0.142 e. The molecule has 0 N–H and O–H groups in total. The fourth-order valence-corrected chi connectivity index (χ4v) is 6.02. The van der Waals surface area contributed by atoms with Crippen molar-refractivity contribution in [1.82, 2.24) is 9.80 Å². The van der Waals surface area contributed by atoms with E-state index in [4.69, 9.17) is 11.6 Å². The average molecular weight is 489 g/mol. The summed E-state index contributed by atoms with van der Waals surface area (Å²) < 4.78 is 41.3. The summed E-state index contributed by atoms with van der Waals surface area (Å²) in [7, 11) is 0. The van der Waals surface area contributed by atoms with Crippen LogP contribution in [0.4, 0.5) is 13.2 Å². The minimum atomic E-state index is -0.452. The van der Waals surface area contributed by atoms with Crippen LogP contribution in [0.3, 0.4) is 0 Å². The van der Waals surface area contributed by atoms with Crippen LogP contribution in [0.15, 0.2) is 64.4 Å². The van der Waals surface area contributed by atoms with E-state index in [0.717, 1.165) is 72.0 Å². The average Bonchev–Trinajstić information content (AvgIpc) is 2.96. The first-order valence-electron chi connectivity index (χ1n) is 11.1. The summed E-state index contributed by atoms with van der Waals surface area (Å²) in [6.45, 7) is 4.53. The van der Waals surface area contributed by atoms with Crippen molar-refractivity contribution in [3.05, 3.63) is 93.8 Å². The Morgan fingerprint density at radius 2 is 1.58 bits per heavy atom. The second kappa shape index (κ2) is 9.71. The summed E-state index contributed by atoms with van der Waals surface area (Å²) in [6.07, 6.45) is 1.62. The van der Waals surface area contributed by atoms with Crippen LogP contribution in [0.25, 0.3) is 0 Å². The Balaban J connectivity index is 1.32. The number of hydrogen-bond acceptors (Lipinski definition) is 3. The molecule has 2 heterocycles. The summed E-state index contributed by atoms with van der Waals surface area (Å²) in [4.78, 5) is 6.48. The number of benzene rings is 3. The van der Waals surface area contributed by atoms with Crippen LogP contribution in [0.5, 0.6) is 0 Å². The third-order valence-corrected chi connectivity index (χ3v) is 8.01. The minimum Gasteiger partial charge on any atom is -0.300 e. The number of rotatable bonds is 4. The molecule has 2 aliphatic heterocycles. The lowest BCUT2D eigenvalue weighted by Gasteiger charge is -2.39. The minimum absolute atomic E-state index is 0.0524. The van der Waals surface area contributed by atoms with Gasteiger partial charge in [0.15, 0.2) is 0 Å². The van der Waals surface area contributed by atoms with Crippen molar-refractivity contribution in [3.63, 3.8) is 0 Å². The van der Waals surface area contributed by atoms with Crippen LogP contribution in [0.2, 0.25) is 5.02 Å². The van der Waals surface area contributed by atoms with Gasteiger partial charge in [-0.25, -0.2) is 13.2 Å². The summed E-state index contributed by atoms with van der Waals surface area (Å²) in [5.74, 6) is -0.948. The van der Waals surface area contributed by atoms with Gasteiger partial charge < -0.3 is 4.90 Å². The Morgan fingerprint density at radius 1 is 0.848 bits per heavy atom. The van der Waals surface area contributed by atoms with Gasteiger partial charge in [-0.15, -0.1) is 0 Å². The monoisotopic (exact) mass is 488 g/mol. The normalized spacial score (nSPS) is 19.1. The summed E-state index contributed by atoms with van der Waals surface area (Å²) >= 11 is 7.59. The zero-order valence-electron chi connectivity index (χ0n) is 18.0. The number of nitrogens with zero attached hydrogens (tertiary/aromatic N) is 2. The molecule has 172 valence electrons. The SMILES string of the molecule is Fc1ccc(CCN2CCN([C@H]3Cc4ccc(F)cc4Sc4cc(F)c(Cl)cc43)CC2)cc1. The Kier molecular flexibility index (Phi) is 6.70. The largest absolute Gasteiger partial charge is 0.300 e. The van der Waals surface area contributed by atoms with Gasteiger partial charge in [0.05, 0.1) is 5.02 Å². The van der Waals surface area contributed by atoms with Gasteiger partial charge in [0.1, 0.15) is 17.5 Å². The fourth-order valence-electron chi connectivity index (χ4n) is 4.68. The molecule has 0 unspecified atom stereocenters. The lowest BCUT2D eigenvalue weighted by Crippen LogP contribution is -2.48. The molecule has 0 aliphatic carbocycles. The van der Waals surface area contributed by atoms with Crippen molar-refractivity contribution in [2.24, 2.45) is 0 Å². The van der Waals surface area contributed by atoms with Crippen LogP contribution in [-0.2, 0) is 12.8 Å². The second-order valence-electron chi connectivity index (χ2n) is 8.63. The van der Waals surface area contributed by atoms with Crippen molar-refractivity contribution in [2.75, 3.05) is 32.7 Å². The third-order valence-electron chi connectivity index (χ3n) is 6.55. The van der Waals surface area contributed by atoms with Gasteiger partial charge in [-0.3, -0.25) is 4.90 Å². The van der Waals surface area contributed by atoms with E-state index < -0.39 is 5.82 Å². The van der Waals surface area contributed by atoms with Gasteiger partial charge in [-0.2, -0.15) is 0 Å². The standard InChI is InChI=1S/C26H24ClF3N2S/c27-22-15-21-24(13-18-3-6-20(29)14-25(18)33-26(21)16-23(22)30)32-11-9-31(10-12-32)8-7-17-1-4-19(28)5-2-17/h1-6,14-16,24H,7-13H2/t24-/m0/s1. The molecule has 0 bridgehead atoms. The first kappa shape index (κ1) is 22.8. The molecule has 1 saturated heterocycles. The van der Waals surface area contributed by atoms with E-state index >= 15 is 0 Å². The first-order valence-corrected chi connectivity index (χ1v) is 12.3. The maximum atomic E-state index is 14.3. The predicted octanol–water partition coefficient (Wildman–Crippen LogP) is 6.37. The van der Waals surface area contributed by atoms with Gasteiger partial charge in [0.2, 0.25) is 0 Å². The van der Waals surface area contributed by atoms with Gasteiger partial charge in [0.25, 0.3) is 0 Å². The van der Waals surface area contributed by atoms with Crippen molar-refractivity contribution in [2.45, 2.75) is 28.7 Å². The maximum Gasteiger partial charge on any atom is 0.142 e. The van der Waals surface area contributed by atoms with E-state index in [9.17, 15) is 13.2 Å². The molecule has 5 rings (SSSR count). The molecule has 7 heteroatoms. The zero-order chi connectivity index (χ0) is 22.9.